The molecule has 0 aliphatic rings. The summed E-state index contributed by atoms with van der Waals surface area (Å²) in [6.07, 6.45) is 3.34. The van der Waals surface area contributed by atoms with E-state index in [-0.39, 0.29) is 5.28 Å². The summed E-state index contributed by atoms with van der Waals surface area (Å²) in [6, 6.07) is 7.75. The first-order valence-corrected chi connectivity index (χ1v) is 9.00. The van der Waals surface area contributed by atoms with Crippen LogP contribution in [0.15, 0.2) is 41.2 Å². The zero-order chi connectivity index (χ0) is 19.0. The lowest BCUT2D eigenvalue weighted by atomic mass is 10.0. The molecule has 0 amide bonds. The molecule has 3 aromatic heterocycles. The largest absolute Gasteiger partial charge is 0.365 e. The van der Waals surface area contributed by atoms with E-state index in [0.29, 0.717) is 17.4 Å². The molecular weight excluding hydrogens is 385 g/mol. The molecule has 4 aromatic rings. The van der Waals surface area contributed by atoms with E-state index in [0.717, 1.165) is 39.0 Å². The molecule has 0 saturated heterocycles. The van der Waals surface area contributed by atoms with Crippen molar-refractivity contribution >= 4 is 39.9 Å². The third-order valence-corrected chi connectivity index (χ3v) is 4.59. The number of halogens is 2. The molecule has 0 bridgehead atoms. The van der Waals surface area contributed by atoms with Gasteiger partial charge in [0.05, 0.1) is 16.2 Å². The quantitative estimate of drug-likeness (QED) is 0.474. The molecule has 0 unspecified atom stereocenters. The number of rotatable bonds is 4. The van der Waals surface area contributed by atoms with E-state index in [2.05, 4.69) is 25.4 Å². The fourth-order valence-electron chi connectivity index (χ4n) is 3.02. The molecule has 0 fully saturated rings. The third kappa shape index (κ3) is 3.59. The van der Waals surface area contributed by atoms with Crippen molar-refractivity contribution in [2.75, 3.05) is 5.32 Å². The molecule has 0 radical (unpaired) electrons. The van der Waals surface area contributed by atoms with Crippen LogP contribution < -0.4 is 5.32 Å². The summed E-state index contributed by atoms with van der Waals surface area (Å²) >= 11 is 12.1. The smallest absolute Gasteiger partial charge is 0.224 e. The molecule has 6 nitrogen and oxygen atoms in total. The summed E-state index contributed by atoms with van der Waals surface area (Å²) in [5.41, 5.74) is 4.47. The van der Waals surface area contributed by atoms with Crippen LogP contribution in [0.5, 0.6) is 0 Å². The average molecular weight is 400 g/mol. The predicted octanol–water partition coefficient (Wildman–Crippen LogP) is 5.22. The van der Waals surface area contributed by atoms with Crippen LogP contribution in [-0.2, 0) is 6.54 Å². The Morgan fingerprint density at radius 2 is 1.93 bits per heavy atom. The van der Waals surface area contributed by atoms with Crippen LogP contribution in [0.2, 0.25) is 10.3 Å². The van der Waals surface area contributed by atoms with Gasteiger partial charge in [-0.15, -0.1) is 0 Å². The predicted molar refractivity (Wildman–Crippen MR) is 106 cm³/mol. The minimum absolute atomic E-state index is 0.180. The molecule has 8 heteroatoms. The Hall–Kier alpha value is -2.70. The molecule has 4 rings (SSSR count). The van der Waals surface area contributed by atoms with E-state index < -0.39 is 0 Å². The minimum Gasteiger partial charge on any atom is -0.365 e. The first-order chi connectivity index (χ1) is 13.0. The summed E-state index contributed by atoms with van der Waals surface area (Å²) in [5, 5.41) is 8.95. The second-order valence-corrected chi connectivity index (χ2v) is 6.91. The van der Waals surface area contributed by atoms with E-state index in [9.17, 15) is 0 Å². The molecule has 0 atom stereocenters. The van der Waals surface area contributed by atoms with Gasteiger partial charge in [-0.25, -0.2) is 9.97 Å². The lowest BCUT2D eigenvalue weighted by Gasteiger charge is -2.11. The maximum Gasteiger partial charge on any atom is 0.224 e. The van der Waals surface area contributed by atoms with E-state index >= 15 is 0 Å². The highest BCUT2D eigenvalue weighted by Crippen LogP contribution is 2.32. The second kappa shape index (κ2) is 7.13. The average Bonchev–Trinajstić information content (AvgIpc) is 2.98. The minimum atomic E-state index is 0.180. The number of hydrogen-bond acceptors (Lipinski definition) is 6. The number of nitrogens with zero attached hydrogens (tertiary/aromatic N) is 4. The Labute approximate surface area is 165 Å². The molecule has 3 heterocycles. The maximum absolute atomic E-state index is 6.10. The normalized spacial score (nSPS) is 11.1. The lowest BCUT2D eigenvalue weighted by molar-refractivity contribution is 0.393. The number of anilines is 1. The summed E-state index contributed by atoms with van der Waals surface area (Å²) in [7, 11) is 0. The van der Waals surface area contributed by atoms with Gasteiger partial charge in [-0.1, -0.05) is 22.8 Å². The topological polar surface area (TPSA) is 76.7 Å². The van der Waals surface area contributed by atoms with E-state index in [1.807, 2.05) is 38.1 Å². The standard InChI is InChI=1S/C19H15Cl2N5O/c1-10-17(11(2)27-26-10)13-3-4-16-15(6-13)18(25-19(21)24-16)23-8-12-5-14(20)9-22-7-12/h3-7,9H,8H2,1-2H3,(H,23,24,25). The van der Waals surface area contributed by atoms with Crippen LogP contribution in [0.25, 0.3) is 22.0 Å². The van der Waals surface area contributed by atoms with Crippen LogP contribution >= 0.6 is 23.2 Å². The zero-order valence-electron chi connectivity index (χ0n) is 14.6. The van der Waals surface area contributed by atoms with Crippen LogP contribution in [0.3, 0.4) is 0 Å². The third-order valence-electron chi connectivity index (χ3n) is 4.21. The van der Waals surface area contributed by atoms with Crippen molar-refractivity contribution in [2.24, 2.45) is 0 Å². The summed E-state index contributed by atoms with van der Waals surface area (Å²) in [4.78, 5) is 12.8. The Morgan fingerprint density at radius 1 is 1.07 bits per heavy atom. The summed E-state index contributed by atoms with van der Waals surface area (Å²) in [5.74, 6) is 1.40. The Balaban J connectivity index is 1.76. The Bertz CT molecular complexity index is 1120. The number of aromatic nitrogens is 4. The van der Waals surface area contributed by atoms with Gasteiger partial charge in [0, 0.05) is 29.9 Å². The number of aryl methyl sites for hydroxylation is 2. The summed E-state index contributed by atoms with van der Waals surface area (Å²) < 4.78 is 5.29. The van der Waals surface area contributed by atoms with Crippen LogP contribution in [0.1, 0.15) is 17.0 Å². The van der Waals surface area contributed by atoms with Gasteiger partial charge >= 0.3 is 0 Å². The van der Waals surface area contributed by atoms with Crippen LogP contribution in [0.4, 0.5) is 5.82 Å². The highest BCUT2D eigenvalue weighted by atomic mass is 35.5. The molecular formula is C19H15Cl2N5O. The molecule has 1 aromatic carbocycles. The molecule has 0 saturated carbocycles. The fraction of sp³-hybridized carbons (Fsp3) is 0.158. The highest BCUT2D eigenvalue weighted by Gasteiger charge is 2.14. The van der Waals surface area contributed by atoms with Gasteiger partial charge in [-0.3, -0.25) is 4.98 Å². The van der Waals surface area contributed by atoms with Gasteiger partial charge in [0.25, 0.3) is 0 Å². The molecule has 0 aliphatic heterocycles. The van der Waals surface area contributed by atoms with Gasteiger partial charge < -0.3 is 9.84 Å². The van der Waals surface area contributed by atoms with E-state index in [1.54, 1.807) is 12.4 Å². The molecule has 0 aliphatic carbocycles. The van der Waals surface area contributed by atoms with Crippen LogP contribution in [0, 0.1) is 13.8 Å². The number of hydrogen-bond donors (Lipinski definition) is 1. The van der Waals surface area contributed by atoms with Crippen molar-refractivity contribution in [1.29, 1.82) is 0 Å². The van der Waals surface area contributed by atoms with Crippen molar-refractivity contribution in [3.63, 3.8) is 0 Å². The lowest BCUT2D eigenvalue weighted by Crippen LogP contribution is -2.04. The van der Waals surface area contributed by atoms with Crippen molar-refractivity contribution in [2.45, 2.75) is 20.4 Å². The first-order valence-electron chi connectivity index (χ1n) is 8.25. The maximum atomic E-state index is 6.10. The fourth-order valence-corrected chi connectivity index (χ4v) is 3.40. The van der Waals surface area contributed by atoms with Crippen molar-refractivity contribution in [1.82, 2.24) is 20.1 Å². The van der Waals surface area contributed by atoms with Gasteiger partial charge in [0.2, 0.25) is 5.28 Å². The Morgan fingerprint density at radius 3 is 2.67 bits per heavy atom. The monoisotopic (exact) mass is 399 g/mol. The summed E-state index contributed by atoms with van der Waals surface area (Å²) in [6.45, 7) is 4.31. The van der Waals surface area contributed by atoms with E-state index in [4.69, 9.17) is 27.7 Å². The van der Waals surface area contributed by atoms with Crippen molar-refractivity contribution in [3.8, 4) is 11.1 Å². The number of fused-ring (bicyclic) bond motifs is 1. The zero-order valence-corrected chi connectivity index (χ0v) is 16.1. The van der Waals surface area contributed by atoms with E-state index in [1.165, 1.54) is 0 Å². The van der Waals surface area contributed by atoms with Gasteiger partial charge in [-0.05, 0) is 54.8 Å². The number of pyridine rings is 1. The highest BCUT2D eigenvalue weighted by molar-refractivity contribution is 6.30. The van der Waals surface area contributed by atoms with Gasteiger partial charge in [0.15, 0.2) is 0 Å². The van der Waals surface area contributed by atoms with Crippen molar-refractivity contribution in [3.05, 3.63) is 64.0 Å². The first kappa shape index (κ1) is 17.7. The molecule has 0 spiro atoms. The molecule has 27 heavy (non-hydrogen) atoms. The van der Waals surface area contributed by atoms with Crippen molar-refractivity contribution < 1.29 is 4.52 Å². The molecule has 1 N–H and O–H groups in total. The van der Waals surface area contributed by atoms with Gasteiger partial charge in [-0.2, -0.15) is 0 Å². The number of benzene rings is 1. The Kier molecular flexibility index (Phi) is 4.68. The van der Waals surface area contributed by atoms with Crippen LogP contribution in [-0.4, -0.2) is 20.1 Å². The molecule has 136 valence electrons. The SMILES string of the molecule is Cc1noc(C)c1-c1ccc2nc(Cl)nc(NCc3cncc(Cl)c3)c2c1. The second-order valence-electron chi connectivity index (χ2n) is 6.14. The number of nitrogens with one attached hydrogen (secondary N) is 1. The van der Waals surface area contributed by atoms with Gasteiger partial charge in [0.1, 0.15) is 11.6 Å².